The number of rotatable bonds is 7. The second-order valence-electron chi connectivity index (χ2n) is 6.22. The zero-order valence-electron chi connectivity index (χ0n) is 12.7. The van der Waals surface area contributed by atoms with Crippen LogP contribution in [0.5, 0.6) is 0 Å². The van der Waals surface area contributed by atoms with Crippen LogP contribution >= 0.6 is 0 Å². The second kappa shape index (κ2) is 7.57. The van der Waals surface area contributed by atoms with Crippen molar-refractivity contribution in [2.24, 2.45) is 11.7 Å². The standard InChI is InChI=1S/C15H30N2O/c1-7-11-17(15(4,5)6)14(18)12(2)9-8-10-13(3)16/h7,12-13H,1,8-11,16H2,2-6H3. The summed E-state index contributed by atoms with van der Waals surface area (Å²) in [7, 11) is 0. The van der Waals surface area contributed by atoms with Gasteiger partial charge in [-0.2, -0.15) is 0 Å². The van der Waals surface area contributed by atoms with Crippen molar-refractivity contribution in [2.75, 3.05) is 6.54 Å². The molecule has 0 aliphatic carbocycles. The maximum absolute atomic E-state index is 12.4. The first kappa shape index (κ1) is 17.2. The minimum absolute atomic E-state index is 0.0583. The highest BCUT2D eigenvalue weighted by Crippen LogP contribution is 2.19. The van der Waals surface area contributed by atoms with E-state index in [1.54, 1.807) is 6.08 Å². The third-order valence-corrected chi connectivity index (χ3v) is 3.11. The summed E-state index contributed by atoms with van der Waals surface area (Å²) < 4.78 is 0. The van der Waals surface area contributed by atoms with Crippen LogP contribution in [0.3, 0.4) is 0 Å². The van der Waals surface area contributed by atoms with Crippen molar-refractivity contribution in [3.63, 3.8) is 0 Å². The average molecular weight is 254 g/mol. The van der Waals surface area contributed by atoms with Crippen LogP contribution in [-0.2, 0) is 4.79 Å². The van der Waals surface area contributed by atoms with Gasteiger partial charge in [0, 0.05) is 24.0 Å². The van der Waals surface area contributed by atoms with E-state index in [4.69, 9.17) is 5.73 Å². The SMILES string of the molecule is C=CCN(C(=O)C(C)CCCC(C)N)C(C)(C)C. The third-order valence-electron chi connectivity index (χ3n) is 3.11. The molecule has 0 aromatic heterocycles. The van der Waals surface area contributed by atoms with E-state index < -0.39 is 0 Å². The van der Waals surface area contributed by atoms with E-state index >= 15 is 0 Å². The number of amides is 1. The summed E-state index contributed by atoms with van der Waals surface area (Å²) in [4.78, 5) is 14.3. The summed E-state index contributed by atoms with van der Waals surface area (Å²) >= 11 is 0. The van der Waals surface area contributed by atoms with Gasteiger partial charge in [0.05, 0.1) is 0 Å². The molecule has 0 spiro atoms. The summed E-state index contributed by atoms with van der Waals surface area (Å²) in [5, 5.41) is 0. The molecule has 0 rings (SSSR count). The number of hydrogen-bond donors (Lipinski definition) is 1. The Morgan fingerprint density at radius 1 is 1.33 bits per heavy atom. The Kier molecular flexibility index (Phi) is 7.22. The largest absolute Gasteiger partial charge is 0.334 e. The highest BCUT2D eigenvalue weighted by molar-refractivity contribution is 5.79. The summed E-state index contributed by atoms with van der Waals surface area (Å²) in [6.45, 7) is 14.5. The van der Waals surface area contributed by atoms with E-state index in [2.05, 4.69) is 27.4 Å². The fraction of sp³-hybridized carbons (Fsp3) is 0.800. The maximum Gasteiger partial charge on any atom is 0.226 e. The third kappa shape index (κ3) is 6.20. The molecule has 0 bridgehead atoms. The van der Waals surface area contributed by atoms with E-state index in [-0.39, 0.29) is 23.4 Å². The first-order valence-corrected chi connectivity index (χ1v) is 6.88. The molecular weight excluding hydrogens is 224 g/mol. The Balaban J connectivity index is 4.43. The molecule has 0 saturated carbocycles. The van der Waals surface area contributed by atoms with Gasteiger partial charge in [-0.15, -0.1) is 6.58 Å². The zero-order chi connectivity index (χ0) is 14.3. The molecule has 2 unspecified atom stereocenters. The van der Waals surface area contributed by atoms with Crippen molar-refractivity contribution in [1.29, 1.82) is 0 Å². The van der Waals surface area contributed by atoms with Crippen LogP contribution in [0.1, 0.15) is 53.9 Å². The van der Waals surface area contributed by atoms with Crippen molar-refractivity contribution in [3.8, 4) is 0 Å². The van der Waals surface area contributed by atoms with Gasteiger partial charge in [-0.1, -0.05) is 19.4 Å². The smallest absolute Gasteiger partial charge is 0.226 e. The van der Waals surface area contributed by atoms with Crippen LogP contribution < -0.4 is 5.73 Å². The first-order chi connectivity index (χ1) is 8.20. The van der Waals surface area contributed by atoms with Gasteiger partial charge in [0.15, 0.2) is 0 Å². The Hall–Kier alpha value is -0.830. The van der Waals surface area contributed by atoms with E-state index in [0.29, 0.717) is 6.54 Å². The summed E-state index contributed by atoms with van der Waals surface area (Å²) in [5.74, 6) is 0.273. The predicted molar refractivity (Wildman–Crippen MR) is 78.3 cm³/mol. The lowest BCUT2D eigenvalue weighted by Crippen LogP contribution is -2.47. The Morgan fingerprint density at radius 2 is 1.89 bits per heavy atom. The molecule has 2 atom stereocenters. The van der Waals surface area contributed by atoms with Crippen LogP contribution in [-0.4, -0.2) is 28.9 Å². The van der Waals surface area contributed by atoms with Crippen molar-refractivity contribution in [3.05, 3.63) is 12.7 Å². The minimum atomic E-state index is -0.152. The predicted octanol–water partition coefficient (Wildman–Crippen LogP) is 2.95. The lowest BCUT2D eigenvalue weighted by atomic mass is 9.97. The Morgan fingerprint density at radius 3 is 2.28 bits per heavy atom. The zero-order valence-corrected chi connectivity index (χ0v) is 12.7. The van der Waals surface area contributed by atoms with Gasteiger partial charge < -0.3 is 10.6 Å². The van der Waals surface area contributed by atoms with Crippen LogP contribution in [0.4, 0.5) is 0 Å². The van der Waals surface area contributed by atoms with Gasteiger partial charge in [-0.3, -0.25) is 4.79 Å². The molecule has 1 amide bonds. The van der Waals surface area contributed by atoms with Crippen molar-refractivity contribution in [1.82, 2.24) is 4.90 Å². The molecule has 0 fully saturated rings. The van der Waals surface area contributed by atoms with Gasteiger partial charge in [0.1, 0.15) is 0 Å². The van der Waals surface area contributed by atoms with Crippen molar-refractivity contribution >= 4 is 5.91 Å². The number of hydrogen-bond acceptors (Lipinski definition) is 2. The maximum atomic E-state index is 12.4. The number of nitrogens with zero attached hydrogens (tertiary/aromatic N) is 1. The highest BCUT2D eigenvalue weighted by Gasteiger charge is 2.28. The van der Waals surface area contributed by atoms with Crippen molar-refractivity contribution < 1.29 is 4.79 Å². The molecule has 0 aliphatic rings. The Labute approximate surface area is 112 Å². The second-order valence-corrected chi connectivity index (χ2v) is 6.22. The first-order valence-electron chi connectivity index (χ1n) is 6.88. The van der Waals surface area contributed by atoms with Gasteiger partial charge >= 0.3 is 0 Å². The van der Waals surface area contributed by atoms with Crippen LogP contribution in [0, 0.1) is 5.92 Å². The molecule has 0 aromatic carbocycles. The summed E-state index contributed by atoms with van der Waals surface area (Å²) in [6.07, 6.45) is 4.69. The lowest BCUT2D eigenvalue weighted by molar-refractivity contribution is -0.139. The highest BCUT2D eigenvalue weighted by atomic mass is 16.2. The van der Waals surface area contributed by atoms with Crippen LogP contribution in [0.2, 0.25) is 0 Å². The molecule has 18 heavy (non-hydrogen) atoms. The number of carbonyl (C=O) groups excluding carboxylic acids is 1. The van der Waals surface area contributed by atoms with Gasteiger partial charge in [0.25, 0.3) is 0 Å². The molecule has 0 aliphatic heterocycles. The molecule has 0 saturated heterocycles. The fourth-order valence-corrected chi connectivity index (χ4v) is 1.96. The number of carbonyl (C=O) groups is 1. The van der Waals surface area contributed by atoms with Crippen LogP contribution in [0.25, 0.3) is 0 Å². The Bertz CT molecular complexity index is 266. The fourth-order valence-electron chi connectivity index (χ4n) is 1.96. The van der Waals surface area contributed by atoms with Gasteiger partial charge in [-0.05, 0) is 40.5 Å². The van der Waals surface area contributed by atoms with E-state index in [1.807, 2.05) is 18.7 Å². The van der Waals surface area contributed by atoms with E-state index in [1.165, 1.54) is 0 Å². The number of nitrogens with two attached hydrogens (primary N) is 1. The quantitative estimate of drug-likeness (QED) is 0.710. The monoisotopic (exact) mass is 254 g/mol. The molecule has 106 valence electrons. The minimum Gasteiger partial charge on any atom is -0.334 e. The molecule has 3 heteroatoms. The molecular formula is C15H30N2O. The molecule has 0 heterocycles. The molecule has 3 nitrogen and oxygen atoms in total. The summed E-state index contributed by atoms with van der Waals surface area (Å²) in [6, 6.07) is 0.221. The lowest BCUT2D eigenvalue weighted by Gasteiger charge is -2.36. The molecule has 2 N–H and O–H groups in total. The van der Waals surface area contributed by atoms with Gasteiger partial charge in [0.2, 0.25) is 5.91 Å². The molecule has 0 radical (unpaired) electrons. The summed E-state index contributed by atoms with van der Waals surface area (Å²) in [5.41, 5.74) is 5.57. The van der Waals surface area contributed by atoms with Crippen LogP contribution in [0.15, 0.2) is 12.7 Å². The van der Waals surface area contributed by atoms with E-state index in [9.17, 15) is 4.79 Å². The van der Waals surface area contributed by atoms with E-state index in [0.717, 1.165) is 19.3 Å². The normalized spacial score (nSPS) is 15.0. The topological polar surface area (TPSA) is 46.3 Å². The average Bonchev–Trinajstić information content (AvgIpc) is 2.22. The van der Waals surface area contributed by atoms with Gasteiger partial charge in [-0.25, -0.2) is 0 Å². The van der Waals surface area contributed by atoms with Crippen molar-refractivity contribution in [2.45, 2.75) is 65.5 Å². The molecule has 0 aromatic rings.